The summed E-state index contributed by atoms with van der Waals surface area (Å²) in [6.07, 6.45) is 3.28. The lowest BCUT2D eigenvalue weighted by Gasteiger charge is -2.35. The third-order valence-corrected chi connectivity index (χ3v) is 5.73. The molecule has 1 aliphatic heterocycles. The second-order valence-corrected chi connectivity index (χ2v) is 7.63. The number of oxazole rings is 1. The van der Waals surface area contributed by atoms with Crippen molar-refractivity contribution >= 4 is 0 Å². The van der Waals surface area contributed by atoms with Crippen LogP contribution in [0.15, 0.2) is 46.9 Å². The zero-order valence-corrected chi connectivity index (χ0v) is 17.7. The molecule has 30 heavy (non-hydrogen) atoms. The van der Waals surface area contributed by atoms with Crippen LogP contribution in [-0.4, -0.2) is 30.6 Å². The molecule has 1 aromatic heterocycles. The zero-order chi connectivity index (χ0) is 21.1. The Kier molecular flexibility index (Phi) is 6.04. The molecular weight excluding hydrogens is 383 g/mol. The predicted octanol–water partition coefficient (Wildman–Crippen LogP) is 5.53. The number of aryl methyl sites for hydroxylation is 1. The van der Waals surface area contributed by atoms with Gasteiger partial charge in [-0.1, -0.05) is 18.6 Å². The predicted molar refractivity (Wildman–Crippen MR) is 113 cm³/mol. The van der Waals surface area contributed by atoms with E-state index in [0.29, 0.717) is 23.9 Å². The number of likely N-dealkylation sites (tertiary alicyclic amines) is 1. The van der Waals surface area contributed by atoms with Gasteiger partial charge >= 0.3 is 0 Å². The fourth-order valence-corrected chi connectivity index (χ4v) is 4.14. The van der Waals surface area contributed by atoms with E-state index >= 15 is 0 Å². The normalized spacial score (nSPS) is 17.1. The number of benzene rings is 2. The van der Waals surface area contributed by atoms with Crippen LogP contribution >= 0.6 is 0 Å². The summed E-state index contributed by atoms with van der Waals surface area (Å²) in [4.78, 5) is 7.16. The summed E-state index contributed by atoms with van der Waals surface area (Å²) >= 11 is 0. The minimum atomic E-state index is -0.192. The number of ether oxygens (including phenoxy) is 2. The highest BCUT2D eigenvalue weighted by Gasteiger charge is 2.26. The van der Waals surface area contributed by atoms with Gasteiger partial charge in [0.2, 0.25) is 5.89 Å². The number of hydrogen-bond donors (Lipinski definition) is 0. The van der Waals surface area contributed by atoms with E-state index in [1.807, 2.05) is 31.2 Å². The molecule has 0 unspecified atom stereocenters. The molecule has 158 valence electrons. The maximum Gasteiger partial charge on any atom is 0.230 e. The molecule has 1 saturated heterocycles. The Morgan fingerprint density at radius 3 is 2.77 bits per heavy atom. The lowest BCUT2D eigenvalue weighted by atomic mass is 9.95. The van der Waals surface area contributed by atoms with Crippen molar-refractivity contribution in [2.75, 3.05) is 20.8 Å². The second-order valence-electron chi connectivity index (χ2n) is 7.63. The number of methoxy groups -OCH3 is 2. The van der Waals surface area contributed by atoms with Crippen molar-refractivity contribution in [3.05, 3.63) is 65.3 Å². The van der Waals surface area contributed by atoms with E-state index in [1.54, 1.807) is 26.4 Å². The van der Waals surface area contributed by atoms with Crippen LogP contribution in [0.5, 0.6) is 11.5 Å². The summed E-state index contributed by atoms with van der Waals surface area (Å²) < 4.78 is 30.6. The molecule has 2 heterocycles. The Bertz CT molecular complexity index is 1020. The number of hydrogen-bond acceptors (Lipinski definition) is 5. The SMILES string of the molecule is COc1ccc(OC)c(-c2nc(CN3CCCC[C@H]3c3cccc(F)c3)c(C)o2)c1. The number of halogens is 1. The summed E-state index contributed by atoms with van der Waals surface area (Å²) in [5, 5.41) is 0. The fraction of sp³-hybridized carbons (Fsp3) is 0.375. The van der Waals surface area contributed by atoms with Gasteiger partial charge in [-0.15, -0.1) is 0 Å². The summed E-state index contributed by atoms with van der Waals surface area (Å²) in [6, 6.07) is 12.7. The van der Waals surface area contributed by atoms with Gasteiger partial charge in [0.15, 0.2) is 0 Å². The molecule has 0 bridgehead atoms. The smallest absolute Gasteiger partial charge is 0.230 e. The van der Waals surface area contributed by atoms with Gasteiger partial charge in [-0.2, -0.15) is 0 Å². The Labute approximate surface area is 176 Å². The van der Waals surface area contributed by atoms with Crippen molar-refractivity contribution in [3.63, 3.8) is 0 Å². The Hall–Kier alpha value is -2.86. The van der Waals surface area contributed by atoms with E-state index < -0.39 is 0 Å². The van der Waals surface area contributed by atoms with E-state index in [1.165, 1.54) is 6.07 Å². The molecule has 5 nitrogen and oxygen atoms in total. The van der Waals surface area contributed by atoms with E-state index in [4.69, 9.17) is 18.9 Å². The van der Waals surface area contributed by atoms with Crippen molar-refractivity contribution in [2.24, 2.45) is 0 Å². The number of rotatable bonds is 6. The van der Waals surface area contributed by atoms with Crippen LogP contribution < -0.4 is 9.47 Å². The van der Waals surface area contributed by atoms with Crippen molar-refractivity contribution in [2.45, 2.75) is 38.8 Å². The van der Waals surface area contributed by atoms with Crippen molar-refractivity contribution in [1.82, 2.24) is 9.88 Å². The largest absolute Gasteiger partial charge is 0.497 e. The van der Waals surface area contributed by atoms with Gasteiger partial charge in [0.25, 0.3) is 0 Å². The number of nitrogens with zero attached hydrogens (tertiary/aromatic N) is 2. The Morgan fingerprint density at radius 1 is 1.13 bits per heavy atom. The van der Waals surface area contributed by atoms with Crippen LogP contribution in [0, 0.1) is 12.7 Å². The highest BCUT2D eigenvalue weighted by Crippen LogP contribution is 2.36. The van der Waals surface area contributed by atoms with E-state index in [-0.39, 0.29) is 11.9 Å². The minimum Gasteiger partial charge on any atom is -0.497 e. The first-order chi connectivity index (χ1) is 14.6. The zero-order valence-electron chi connectivity index (χ0n) is 17.7. The van der Waals surface area contributed by atoms with Crippen molar-refractivity contribution in [3.8, 4) is 23.0 Å². The fourth-order valence-electron chi connectivity index (χ4n) is 4.14. The molecule has 3 aromatic rings. The van der Waals surface area contributed by atoms with Crippen LogP contribution in [0.4, 0.5) is 4.39 Å². The van der Waals surface area contributed by atoms with Gasteiger partial charge in [0.05, 0.1) is 25.5 Å². The average Bonchev–Trinajstić information content (AvgIpc) is 3.13. The summed E-state index contributed by atoms with van der Waals surface area (Å²) in [7, 11) is 3.25. The highest BCUT2D eigenvalue weighted by molar-refractivity contribution is 5.65. The van der Waals surface area contributed by atoms with Crippen LogP contribution in [0.1, 0.15) is 42.3 Å². The minimum absolute atomic E-state index is 0.181. The molecule has 0 spiro atoms. The first kappa shape index (κ1) is 20.4. The van der Waals surface area contributed by atoms with Crippen molar-refractivity contribution < 1.29 is 18.3 Å². The third kappa shape index (κ3) is 4.19. The molecule has 0 aliphatic carbocycles. The topological polar surface area (TPSA) is 47.7 Å². The molecular formula is C24H27FN2O3. The molecule has 0 N–H and O–H groups in total. The van der Waals surface area contributed by atoms with Crippen LogP contribution in [-0.2, 0) is 6.54 Å². The lowest BCUT2D eigenvalue weighted by molar-refractivity contribution is 0.138. The van der Waals surface area contributed by atoms with Crippen LogP contribution in [0.25, 0.3) is 11.5 Å². The standard InChI is InChI=1S/C24H27FN2O3/c1-16-21(26-24(30-16)20-14-19(28-2)10-11-23(20)29-3)15-27-12-5-4-9-22(27)17-7-6-8-18(25)13-17/h6-8,10-11,13-14,22H,4-5,9,12,15H2,1-3H3/t22-/m0/s1. The highest BCUT2D eigenvalue weighted by atomic mass is 19.1. The molecule has 0 amide bonds. The molecule has 6 heteroatoms. The van der Waals surface area contributed by atoms with Crippen LogP contribution in [0.2, 0.25) is 0 Å². The molecule has 1 fully saturated rings. The van der Waals surface area contributed by atoms with Crippen LogP contribution in [0.3, 0.4) is 0 Å². The molecule has 4 rings (SSSR count). The van der Waals surface area contributed by atoms with E-state index in [9.17, 15) is 4.39 Å². The third-order valence-electron chi connectivity index (χ3n) is 5.73. The maximum absolute atomic E-state index is 13.8. The summed E-state index contributed by atoms with van der Waals surface area (Å²) in [5.41, 5.74) is 2.66. The molecule has 2 aromatic carbocycles. The first-order valence-corrected chi connectivity index (χ1v) is 10.3. The monoisotopic (exact) mass is 410 g/mol. The Morgan fingerprint density at radius 2 is 2.00 bits per heavy atom. The molecule has 0 radical (unpaired) electrons. The van der Waals surface area contributed by atoms with E-state index in [2.05, 4.69) is 4.90 Å². The van der Waals surface area contributed by atoms with Gasteiger partial charge in [0, 0.05) is 12.6 Å². The maximum atomic E-state index is 13.8. The lowest BCUT2D eigenvalue weighted by Crippen LogP contribution is -2.33. The molecule has 1 atom stereocenters. The van der Waals surface area contributed by atoms with E-state index in [0.717, 1.165) is 48.4 Å². The first-order valence-electron chi connectivity index (χ1n) is 10.3. The quantitative estimate of drug-likeness (QED) is 0.534. The molecule has 0 saturated carbocycles. The average molecular weight is 410 g/mol. The Balaban J connectivity index is 1.62. The van der Waals surface area contributed by atoms with Crippen molar-refractivity contribution in [1.29, 1.82) is 0 Å². The summed E-state index contributed by atoms with van der Waals surface area (Å²) in [5.74, 6) is 2.49. The number of aromatic nitrogens is 1. The van der Waals surface area contributed by atoms with Gasteiger partial charge < -0.3 is 13.9 Å². The number of piperidine rings is 1. The summed E-state index contributed by atoms with van der Waals surface area (Å²) in [6.45, 7) is 3.54. The van der Waals surface area contributed by atoms with Gasteiger partial charge in [-0.05, 0) is 62.2 Å². The van der Waals surface area contributed by atoms with Gasteiger partial charge in [0.1, 0.15) is 23.1 Å². The molecule has 1 aliphatic rings. The second kappa shape index (κ2) is 8.88. The van der Waals surface area contributed by atoms with Gasteiger partial charge in [-0.25, -0.2) is 9.37 Å². The van der Waals surface area contributed by atoms with Gasteiger partial charge in [-0.3, -0.25) is 4.90 Å².